The fourth-order valence-electron chi connectivity index (χ4n) is 1.97. The van der Waals surface area contributed by atoms with Gasteiger partial charge in [-0.1, -0.05) is 13.3 Å². The van der Waals surface area contributed by atoms with Crippen molar-refractivity contribution in [1.29, 1.82) is 0 Å². The summed E-state index contributed by atoms with van der Waals surface area (Å²) in [5.74, 6) is 0. The van der Waals surface area contributed by atoms with E-state index in [9.17, 15) is 0 Å². The molecule has 3 heteroatoms. The van der Waals surface area contributed by atoms with Crippen LogP contribution in [0.25, 0.3) is 0 Å². The molecule has 0 saturated carbocycles. The zero-order valence-electron chi connectivity index (χ0n) is 8.75. The van der Waals surface area contributed by atoms with Crippen molar-refractivity contribution in [3.63, 3.8) is 0 Å². The van der Waals surface area contributed by atoms with Crippen LogP contribution in [0.1, 0.15) is 54.2 Å². The van der Waals surface area contributed by atoms with Crippen molar-refractivity contribution < 1.29 is 0 Å². The van der Waals surface area contributed by atoms with Gasteiger partial charge in [0.2, 0.25) is 0 Å². The second-order valence-corrected chi connectivity index (χ2v) is 5.14. The average Bonchev–Trinajstić information content (AvgIpc) is 2.61. The molecule has 1 aliphatic rings. The van der Waals surface area contributed by atoms with Gasteiger partial charge in [-0.2, -0.15) is 0 Å². The Hall–Kier alpha value is -0.410. The average molecular weight is 210 g/mol. The van der Waals surface area contributed by atoms with Crippen molar-refractivity contribution in [3.05, 3.63) is 15.6 Å². The molecule has 2 nitrogen and oxygen atoms in total. The molecule has 0 radical (unpaired) electrons. The fourth-order valence-corrected chi connectivity index (χ4v) is 3.15. The van der Waals surface area contributed by atoms with Crippen LogP contribution >= 0.6 is 11.3 Å². The summed E-state index contributed by atoms with van der Waals surface area (Å²) < 4.78 is 0. The maximum atomic E-state index is 6.07. The highest BCUT2D eigenvalue weighted by Crippen LogP contribution is 2.30. The summed E-state index contributed by atoms with van der Waals surface area (Å²) >= 11 is 1.85. The molecular formula is C11H18N2S. The van der Waals surface area contributed by atoms with E-state index in [1.807, 2.05) is 11.3 Å². The summed E-state index contributed by atoms with van der Waals surface area (Å²) in [6, 6.07) is 0.176. The maximum absolute atomic E-state index is 6.07. The van der Waals surface area contributed by atoms with Gasteiger partial charge in [0.15, 0.2) is 0 Å². The predicted octanol–water partition coefficient (Wildman–Crippen LogP) is 2.82. The Morgan fingerprint density at radius 1 is 1.43 bits per heavy atom. The summed E-state index contributed by atoms with van der Waals surface area (Å²) in [7, 11) is 0. The lowest BCUT2D eigenvalue weighted by Gasteiger charge is -2.06. The van der Waals surface area contributed by atoms with Crippen LogP contribution in [0.15, 0.2) is 0 Å². The third-order valence-electron chi connectivity index (χ3n) is 2.78. The molecule has 2 rings (SSSR count). The van der Waals surface area contributed by atoms with Crippen LogP contribution in [0.5, 0.6) is 0 Å². The van der Waals surface area contributed by atoms with Gasteiger partial charge in [0.25, 0.3) is 0 Å². The first-order valence-corrected chi connectivity index (χ1v) is 6.37. The van der Waals surface area contributed by atoms with Gasteiger partial charge < -0.3 is 5.73 Å². The zero-order chi connectivity index (χ0) is 9.97. The summed E-state index contributed by atoms with van der Waals surface area (Å²) in [5.41, 5.74) is 7.40. The molecule has 1 aliphatic carbocycles. The first-order valence-electron chi connectivity index (χ1n) is 5.55. The normalized spacial score (nSPS) is 17.9. The van der Waals surface area contributed by atoms with E-state index in [-0.39, 0.29) is 6.04 Å². The molecule has 1 aromatic rings. The molecule has 0 spiro atoms. The molecule has 0 saturated heterocycles. The smallest absolute Gasteiger partial charge is 0.110 e. The number of fused-ring (bicyclic) bond motifs is 1. The van der Waals surface area contributed by atoms with E-state index in [4.69, 9.17) is 5.73 Å². The summed E-state index contributed by atoms with van der Waals surface area (Å²) in [6.45, 7) is 2.17. The highest BCUT2D eigenvalue weighted by Gasteiger charge is 2.17. The Balaban J connectivity index is 2.15. The Kier molecular flexibility index (Phi) is 3.19. The number of rotatable bonds is 3. The van der Waals surface area contributed by atoms with Crippen LogP contribution in [0.3, 0.4) is 0 Å². The van der Waals surface area contributed by atoms with E-state index >= 15 is 0 Å². The topological polar surface area (TPSA) is 38.9 Å². The number of thiazole rings is 1. The monoisotopic (exact) mass is 210 g/mol. The first kappa shape index (κ1) is 10.1. The fraction of sp³-hybridized carbons (Fsp3) is 0.727. The number of nitrogens with zero attached hydrogens (tertiary/aromatic N) is 1. The largest absolute Gasteiger partial charge is 0.322 e. The van der Waals surface area contributed by atoms with Gasteiger partial charge in [0.05, 0.1) is 11.7 Å². The third-order valence-corrected chi connectivity index (χ3v) is 4.07. The van der Waals surface area contributed by atoms with Crippen molar-refractivity contribution in [3.8, 4) is 0 Å². The van der Waals surface area contributed by atoms with E-state index in [2.05, 4.69) is 11.9 Å². The van der Waals surface area contributed by atoms with Gasteiger partial charge in [-0.15, -0.1) is 11.3 Å². The van der Waals surface area contributed by atoms with Gasteiger partial charge in [-0.3, -0.25) is 0 Å². The second kappa shape index (κ2) is 4.41. The van der Waals surface area contributed by atoms with Crippen LogP contribution in [-0.4, -0.2) is 4.98 Å². The van der Waals surface area contributed by atoms with E-state index in [0.29, 0.717) is 0 Å². The van der Waals surface area contributed by atoms with Crippen molar-refractivity contribution in [1.82, 2.24) is 4.98 Å². The van der Waals surface area contributed by atoms with E-state index < -0.39 is 0 Å². The zero-order valence-corrected chi connectivity index (χ0v) is 9.57. The molecule has 0 amide bonds. The highest BCUT2D eigenvalue weighted by atomic mass is 32.1. The second-order valence-electron chi connectivity index (χ2n) is 4.02. The van der Waals surface area contributed by atoms with Gasteiger partial charge in [0, 0.05) is 4.88 Å². The number of aromatic nitrogens is 1. The van der Waals surface area contributed by atoms with Gasteiger partial charge in [-0.25, -0.2) is 4.98 Å². The van der Waals surface area contributed by atoms with Crippen molar-refractivity contribution in [2.24, 2.45) is 5.73 Å². The molecule has 1 heterocycles. The molecule has 78 valence electrons. The Bertz CT molecular complexity index is 283. The van der Waals surface area contributed by atoms with E-state index in [1.165, 1.54) is 41.3 Å². The molecule has 1 atom stereocenters. The Morgan fingerprint density at radius 2 is 2.21 bits per heavy atom. The van der Waals surface area contributed by atoms with Crippen LogP contribution in [0.4, 0.5) is 0 Å². The van der Waals surface area contributed by atoms with E-state index in [0.717, 1.165) is 12.8 Å². The molecule has 1 unspecified atom stereocenters. The van der Waals surface area contributed by atoms with E-state index in [1.54, 1.807) is 0 Å². The summed E-state index contributed by atoms with van der Waals surface area (Å²) in [6.07, 6.45) is 7.24. The maximum Gasteiger partial charge on any atom is 0.110 e. The molecular weight excluding hydrogens is 192 g/mol. The number of nitrogens with two attached hydrogens (primary N) is 1. The first-order chi connectivity index (χ1) is 6.81. The predicted molar refractivity (Wildman–Crippen MR) is 60.6 cm³/mol. The van der Waals surface area contributed by atoms with Crippen molar-refractivity contribution >= 4 is 11.3 Å². The van der Waals surface area contributed by atoms with Crippen LogP contribution < -0.4 is 5.73 Å². The summed E-state index contributed by atoms with van der Waals surface area (Å²) in [4.78, 5) is 6.16. The molecule has 14 heavy (non-hydrogen) atoms. The molecule has 0 aliphatic heterocycles. The van der Waals surface area contributed by atoms with Crippen LogP contribution in [-0.2, 0) is 12.8 Å². The highest BCUT2D eigenvalue weighted by molar-refractivity contribution is 7.11. The van der Waals surface area contributed by atoms with Gasteiger partial charge >= 0.3 is 0 Å². The lowest BCUT2D eigenvalue weighted by Crippen LogP contribution is -2.09. The molecule has 1 aromatic heterocycles. The Labute approximate surface area is 89.5 Å². The Morgan fingerprint density at radius 3 is 2.93 bits per heavy atom. The van der Waals surface area contributed by atoms with Crippen molar-refractivity contribution in [2.75, 3.05) is 0 Å². The number of aryl methyl sites for hydroxylation is 2. The minimum atomic E-state index is 0.176. The quantitative estimate of drug-likeness (QED) is 0.833. The van der Waals surface area contributed by atoms with Gasteiger partial charge in [-0.05, 0) is 32.1 Å². The summed E-state index contributed by atoms with van der Waals surface area (Å²) in [5, 5.41) is 1.17. The lowest BCUT2D eigenvalue weighted by atomic mass is 10.0. The van der Waals surface area contributed by atoms with Gasteiger partial charge in [0.1, 0.15) is 5.01 Å². The molecule has 0 aromatic carbocycles. The number of hydrogen-bond donors (Lipinski definition) is 1. The minimum Gasteiger partial charge on any atom is -0.322 e. The van der Waals surface area contributed by atoms with Crippen LogP contribution in [0.2, 0.25) is 0 Å². The lowest BCUT2D eigenvalue weighted by molar-refractivity contribution is 0.626. The molecule has 0 bridgehead atoms. The van der Waals surface area contributed by atoms with Crippen molar-refractivity contribution in [2.45, 2.75) is 51.5 Å². The SMILES string of the molecule is CCCC(N)c1nc2c(s1)CCCC2. The minimum absolute atomic E-state index is 0.176. The third kappa shape index (κ3) is 1.98. The molecule has 0 fully saturated rings. The standard InChI is InChI=1S/C11H18N2S/c1-2-5-8(12)11-13-9-6-3-4-7-10(9)14-11/h8H,2-7,12H2,1H3. The number of hydrogen-bond acceptors (Lipinski definition) is 3. The van der Waals surface area contributed by atoms with Crippen LogP contribution in [0, 0.1) is 0 Å². The molecule has 2 N–H and O–H groups in total.